The van der Waals surface area contributed by atoms with Gasteiger partial charge < -0.3 is 10.2 Å². The summed E-state index contributed by atoms with van der Waals surface area (Å²) in [5.41, 5.74) is 0.556. The highest BCUT2D eigenvalue weighted by molar-refractivity contribution is 7.19. The van der Waals surface area contributed by atoms with Crippen molar-refractivity contribution in [3.05, 3.63) is 28.6 Å². The quantitative estimate of drug-likeness (QED) is 0.776. The molecule has 0 aliphatic heterocycles. The van der Waals surface area contributed by atoms with E-state index in [-0.39, 0.29) is 12.4 Å². The zero-order valence-corrected chi connectivity index (χ0v) is 8.90. The first-order valence-corrected chi connectivity index (χ1v) is 5.51. The van der Waals surface area contributed by atoms with Gasteiger partial charge in [-0.1, -0.05) is 12.1 Å². The van der Waals surface area contributed by atoms with E-state index in [1.807, 2.05) is 12.1 Å². The van der Waals surface area contributed by atoms with E-state index in [9.17, 15) is 5.11 Å². The van der Waals surface area contributed by atoms with Gasteiger partial charge in [0.15, 0.2) is 0 Å². The lowest BCUT2D eigenvalue weighted by molar-refractivity contribution is 0.276. The van der Waals surface area contributed by atoms with Gasteiger partial charge in [-0.15, -0.1) is 22.9 Å². The lowest BCUT2D eigenvalue weighted by Gasteiger charge is -2.00. The first-order valence-electron chi connectivity index (χ1n) is 4.16. The number of fused-ring (bicyclic) bond motifs is 1. The second-order valence-electron chi connectivity index (χ2n) is 3.00. The molecule has 1 heterocycles. The highest BCUT2D eigenvalue weighted by Crippen LogP contribution is 2.35. The van der Waals surface area contributed by atoms with Gasteiger partial charge in [0.2, 0.25) is 0 Å². The molecule has 14 heavy (non-hydrogen) atoms. The van der Waals surface area contributed by atoms with Crippen LogP contribution in [0.25, 0.3) is 10.1 Å². The SMILES string of the molecule is OCc1ccc2cc(CCl)sc2c1O. The van der Waals surface area contributed by atoms with Gasteiger partial charge in [-0.05, 0) is 11.5 Å². The fraction of sp³-hybridized carbons (Fsp3) is 0.200. The monoisotopic (exact) mass is 228 g/mol. The first kappa shape index (κ1) is 9.77. The number of hydrogen-bond acceptors (Lipinski definition) is 3. The molecule has 0 saturated heterocycles. The Labute approximate surface area is 90.4 Å². The average molecular weight is 229 g/mol. The molecular formula is C10H9ClO2S. The van der Waals surface area contributed by atoms with Crippen LogP contribution in [0.3, 0.4) is 0 Å². The van der Waals surface area contributed by atoms with Crippen LogP contribution in [0.1, 0.15) is 10.4 Å². The number of aromatic hydroxyl groups is 1. The topological polar surface area (TPSA) is 40.5 Å². The van der Waals surface area contributed by atoms with Crippen LogP contribution >= 0.6 is 22.9 Å². The molecule has 0 unspecified atom stereocenters. The molecule has 1 aromatic heterocycles. The maximum atomic E-state index is 9.77. The molecule has 1 aromatic carbocycles. The van der Waals surface area contributed by atoms with E-state index >= 15 is 0 Å². The van der Waals surface area contributed by atoms with E-state index in [4.69, 9.17) is 16.7 Å². The van der Waals surface area contributed by atoms with Crippen molar-refractivity contribution in [3.63, 3.8) is 0 Å². The van der Waals surface area contributed by atoms with Gasteiger partial charge in [0, 0.05) is 10.4 Å². The van der Waals surface area contributed by atoms with Crippen molar-refractivity contribution in [2.45, 2.75) is 12.5 Å². The number of alkyl halides is 1. The third kappa shape index (κ3) is 1.47. The van der Waals surface area contributed by atoms with Crippen molar-refractivity contribution in [1.82, 2.24) is 0 Å². The van der Waals surface area contributed by atoms with Crippen LogP contribution in [0.4, 0.5) is 0 Å². The van der Waals surface area contributed by atoms with E-state index < -0.39 is 0 Å². The van der Waals surface area contributed by atoms with E-state index in [0.717, 1.165) is 15.0 Å². The minimum atomic E-state index is -0.143. The van der Waals surface area contributed by atoms with E-state index in [1.54, 1.807) is 6.07 Å². The maximum absolute atomic E-state index is 9.77. The number of aliphatic hydroxyl groups is 1. The Morgan fingerprint density at radius 1 is 1.36 bits per heavy atom. The van der Waals surface area contributed by atoms with Crippen LogP contribution in [0.5, 0.6) is 5.75 Å². The van der Waals surface area contributed by atoms with Crippen LogP contribution in [0.15, 0.2) is 18.2 Å². The fourth-order valence-corrected chi connectivity index (χ4v) is 2.59. The van der Waals surface area contributed by atoms with Crippen molar-refractivity contribution in [3.8, 4) is 5.75 Å². The highest BCUT2D eigenvalue weighted by atomic mass is 35.5. The standard InChI is InChI=1S/C10H9ClO2S/c11-4-8-3-6-1-2-7(5-12)9(13)10(6)14-8/h1-3,12-13H,4-5H2. The smallest absolute Gasteiger partial charge is 0.138 e. The van der Waals surface area contributed by atoms with Gasteiger partial charge >= 0.3 is 0 Å². The summed E-state index contributed by atoms with van der Waals surface area (Å²) in [4.78, 5) is 1.02. The molecule has 2 nitrogen and oxygen atoms in total. The number of phenols is 1. The fourth-order valence-electron chi connectivity index (χ4n) is 1.38. The van der Waals surface area contributed by atoms with Crippen LogP contribution in [0.2, 0.25) is 0 Å². The Morgan fingerprint density at radius 2 is 2.14 bits per heavy atom. The molecular weight excluding hydrogens is 220 g/mol. The summed E-state index contributed by atoms with van der Waals surface area (Å²) in [5.74, 6) is 0.624. The van der Waals surface area contributed by atoms with Gasteiger partial charge in [0.05, 0.1) is 17.2 Å². The largest absolute Gasteiger partial charge is 0.506 e. The highest BCUT2D eigenvalue weighted by Gasteiger charge is 2.08. The Balaban J connectivity index is 2.68. The molecule has 2 aromatic rings. The molecule has 74 valence electrons. The third-order valence-corrected chi connectivity index (χ3v) is 3.70. The number of rotatable bonds is 2. The average Bonchev–Trinajstić information content (AvgIpc) is 2.62. The summed E-state index contributed by atoms with van der Waals surface area (Å²) in [7, 11) is 0. The Kier molecular flexibility index (Phi) is 2.63. The van der Waals surface area contributed by atoms with Crippen LogP contribution in [0, 0.1) is 0 Å². The van der Waals surface area contributed by atoms with Gasteiger partial charge in [0.25, 0.3) is 0 Å². The maximum Gasteiger partial charge on any atom is 0.138 e. The second-order valence-corrected chi connectivity index (χ2v) is 4.40. The molecule has 0 aliphatic rings. The van der Waals surface area contributed by atoms with Crippen molar-refractivity contribution < 1.29 is 10.2 Å². The molecule has 0 radical (unpaired) electrons. The van der Waals surface area contributed by atoms with Crippen molar-refractivity contribution in [1.29, 1.82) is 0 Å². The zero-order valence-electron chi connectivity index (χ0n) is 7.33. The predicted molar refractivity (Wildman–Crippen MR) is 59.0 cm³/mol. The Bertz CT molecular complexity index is 464. The minimum Gasteiger partial charge on any atom is -0.506 e. The van der Waals surface area contributed by atoms with Crippen molar-refractivity contribution in [2.75, 3.05) is 0 Å². The summed E-state index contributed by atoms with van der Waals surface area (Å²) in [5, 5.41) is 19.7. The normalized spacial score (nSPS) is 11.0. The molecule has 0 spiro atoms. The Morgan fingerprint density at radius 3 is 2.79 bits per heavy atom. The van der Waals surface area contributed by atoms with Gasteiger partial charge in [-0.3, -0.25) is 0 Å². The van der Waals surface area contributed by atoms with Crippen LogP contribution in [-0.2, 0) is 12.5 Å². The second kappa shape index (κ2) is 3.77. The van der Waals surface area contributed by atoms with Crippen LogP contribution < -0.4 is 0 Å². The molecule has 2 rings (SSSR count). The summed E-state index contributed by atoms with van der Waals surface area (Å²) in [6.07, 6.45) is 0. The summed E-state index contributed by atoms with van der Waals surface area (Å²) in [6.45, 7) is -0.143. The third-order valence-electron chi connectivity index (χ3n) is 2.10. The first-order chi connectivity index (χ1) is 6.76. The van der Waals surface area contributed by atoms with E-state index in [1.165, 1.54) is 11.3 Å². The van der Waals surface area contributed by atoms with E-state index in [0.29, 0.717) is 11.4 Å². The van der Waals surface area contributed by atoms with E-state index in [2.05, 4.69) is 0 Å². The lowest BCUT2D eigenvalue weighted by atomic mass is 10.1. The van der Waals surface area contributed by atoms with Crippen LogP contribution in [-0.4, -0.2) is 10.2 Å². The zero-order chi connectivity index (χ0) is 10.1. The Hall–Kier alpha value is -0.770. The molecule has 0 bridgehead atoms. The van der Waals surface area contributed by atoms with Crippen molar-refractivity contribution in [2.24, 2.45) is 0 Å². The number of thiophene rings is 1. The number of benzene rings is 1. The van der Waals surface area contributed by atoms with Gasteiger partial charge in [0.1, 0.15) is 5.75 Å². The molecule has 0 saturated carbocycles. The summed E-state index contributed by atoms with van der Waals surface area (Å²) in [6, 6.07) is 5.56. The molecule has 0 atom stereocenters. The number of hydrogen-bond donors (Lipinski definition) is 2. The van der Waals surface area contributed by atoms with Gasteiger partial charge in [-0.25, -0.2) is 0 Å². The lowest BCUT2D eigenvalue weighted by Crippen LogP contribution is -1.82. The summed E-state index contributed by atoms with van der Waals surface area (Å²) >= 11 is 7.16. The van der Waals surface area contributed by atoms with Crippen molar-refractivity contribution >= 4 is 33.0 Å². The molecule has 0 fully saturated rings. The molecule has 4 heteroatoms. The molecule has 2 N–H and O–H groups in total. The molecule has 0 amide bonds. The summed E-state index contributed by atoms with van der Waals surface area (Å²) < 4.78 is 0.798. The number of aliphatic hydroxyl groups excluding tert-OH is 1. The minimum absolute atomic E-state index is 0.143. The predicted octanol–water partition coefficient (Wildman–Crippen LogP) is 2.84. The van der Waals surface area contributed by atoms with Gasteiger partial charge in [-0.2, -0.15) is 0 Å². The number of halogens is 1. The molecule has 0 aliphatic carbocycles.